The standard InChI is InChI=1S/C13H24N2OS/c1-11(8-16-2)15-12-14-9-13(10-17-12)6-4-3-5-7-13/h11H,3-10H2,1-2H3,(H,14,15). The van der Waals surface area contributed by atoms with Crippen molar-refractivity contribution in [3.63, 3.8) is 0 Å². The molecule has 1 fully saturated rings. The lowest BCUT2D eigenvalue weighted by Crippen LogP contribution is -2.40. The minimum atomic E-state index is 0.353. The number of ether oxygens (including phenoxy) is 1. The fourth-order valence-corrected chi connectivity index (χ4v) is 4.01. The molecule has 0 radical (unpaired) electrons. The van der Waals surface area contributed by atoms with E-state index in [-0.39, 0.29) is 0 Å². The summed E-state index contributed by atoms with van der Waals surface area (Å²) in [6, 6.07) is 0.353. The lowest BCUT2D eigenvalue weighted by atomic mass is 9.75. The number of amidine groups is 1. The van der Waals surface area contributed by atoms with Crippen LogP contribution in [0.15, 0.2) is 4.99 Å². The van der Waals surface area contributed by atoms with E-state index in [4.69, 9.17) is 9.73 Å². The maximum Gasteiger partial charge on any atom is 0.156 e. The molecule has 1 saturated carbocycles. The molecular formula is C13H24N2OS. The van der Waals surface area contributed by atoms with Crippen molar-refractivity contribution in [1.29, 1.82) is 0 Å². The Balaban J connectivity index is 1.84. The van der Waals surface area contributed by atoms with Crippen molar-refractivity contribution in [2.24, 2.45) is 10.4 Å². The second-order valence-corrected chi connectivity index (χ2v) is 6.44. The van der Waals surface area contributed by atoms with Crippen LogP contribution in [0.1, 0.15) is 39.0 Å². The summed E-state index contributed by atoms with van der Waals surface area (Å²) in [5.41, 5.74) is 0.526. The number of thioether (sulfide) groups is 1. The molecular weight excluding hydrogens is 232 g/mol. The average Bonchev–Trinajstić information content (AvgIpc) is 2.34. The lowest BCUT2D eigenvalue weighted by molar-refractivity contribution is 0.179. The lowest BCUT2D eigenvalue weighted by Gasteiger charge is -2.38. The molecule has 0 aromatic heterocycles. The summed E-state index contributed by atoms with van der Waals surface area (Å²) >= 11 is 1.91. The van der Waals surface area contributed by atoms with E-state index in [2.05, 4.69) is 12.2 Å². The van der Waals surface area contributed by atoms with Gasteiger partial charge >= 0.3 is 0 Å². The molecule has 0 amide bonds. The molecule has 0 saturated heterocycles. The van der Waals surface area contributed by atoms with Crippen LogP contribution in [0.4, 0.5) is 0 Å². The average molecular weight is 256 g/mol. The molecule has 1 N–H and O–H groups in total. The zero-order valence-electron chi connectivity index (χ0n) is 11.0. The van der Waals surface area contributed by atoms with Crippen LogP contribution < -0.4 is 5.32 Å². The van der Waals surface area contributed by atoms with Gasteiger partial charge in [0.25, 0.3) is 0 Å². The zero-order valence-corrected chi connectivity index (χ0v) is 11.8. The van der Waals surface area contributed by atoms with Crippen LogP contribution in [0.3, 0.4) is 0 Å². The fraction of sp³-hybridized carbons (Fsp3) is 0.923. The third-order valence-electron chi connectivity index (χ3n) is 3.77. The third kappa shape index (κ3) is 3.62. The number of hydrogen-bond donors (Lipinski definition) is 1. The summed E-state index contributed by atoms with van der Waals surface area (Å²) in [5.74, 6) is 1.25. The molecule has 1 atom stereocenters. The second-order valence-electron chi connectivity index (χ2n) is 5.47. The topological polar surface area (TPSA) is 33.6 Å². The predicted octanol–water partition coefficient (Wildman–Crippen LogP) is 2.66. The molecule has 1 unspecified atom stereocenters. The highest BCUT2D eigenvalue weighted by molar-refractivity contribution is 8.13. The Morgan fingerprint density at radius 2 is 2.18 bits per heavy atom. The number of hydrogen-bond acceptors (Lipinski definition) is 4. The van der Waals surface area contributed by atoms with E-state index < -0.39 is 0 Å². The third-order valence-corrected chi connectivity index (χ3v) is 5.05. The molecule has 1 aliphatic heterocycles. The summed E-state index contributed by atoms with van der Waals surface area (Å²) in [5, 5.41) is 4.55. The Morgan fingerprint density at radius 3 is 2.76 bits per heavy atom. The Hall–Kier alpha value is -0.220. The van der Waals surface area contributed by atoms with E-state index in [1.807, 2.05) is 11.8 Å². The minimum absolute atomic E-state index is 0.353. The highest BCUT2D eigenvalue weighted by Gasteiger charge is 2.34. The summed E-state index contributed by atoms with van der Waals surface area (Å²) in [4.78, 5) is 4.74. The summed E-state index contributed by atoms with van der Waals surface area (Å²) in [6.45, 7) is 3.91. The first-order valence-corrected chi connectivity index (χ1v) is 7.65. The van der Waals surface area contributed by atoms with Crippen LogP contribution in [0.5, 0.6) is 0 Å². The van der Waals surface area contributed by atoms with Crippen LogP contribution in [-0.2, 0) is 4.74 Å². The number of aliphatic imine (C=N–C) groups is 1. The summed E-state index contributed by atoms with van der Waals surface area (Å²) in [7, 11) is 1.74. The van der Waals surface area contributed by atoms with Gasteiger partial charge in [0.15, 0.2) is 5.17 Å². The van der Waals surface area contributed by atoms with Crippen molar-refractivity contribution in [1.82, 2.24) is 5.32 Å². The van der Waals surface area contributed by atoms with E-state index in [9.17, 15) is 0 Å². The van der Waals surface area contributed by atoms with Crippen molar-refractivity contribution < 1.29 is 4.74 Å². The van der Waals surface area contributed by atoms with Gasteiger partial charge in [-0.15, -0.1) is 0 Å². The number of nitrogens with one attached hydrogen (secondary N) is 1. The van der Waals surface area contributed by atoms with Gasteiger partial charge in [-0.1, -0.05) is 31.0 Å². The van der Waals surface area contributed by atoms with Crippen molar-refractivity contribution in [2.75, 3.05) is 26.0 Å². The molecule has 1 spiro atoms. The normalized spacial score (nSPS) is 25.4. The highest BCUT2D eigenvalue weighted by atomic mass is 32.2. The first kappa shape index (κ1) is 13.2. The Morgan fingerprint density at radius 1 is 1.41 bits per heavy atom. The van der Waals surface area contributed by atoms with Crippen LogP contribution in [-0.4, -0.2) is 37.2 Å². The van der Waals surface area contributed by atoms with Crippen molar-refractivity contribution in [3.05, 3.63) is 0 Å². The Labute approximate surface area is 109 Å². The van der Waals surface area contributed by atoms with Gasteiger partial charge in [0.2, 0.25) is 0 Å². The number of nitrogens with zero attached hydrogens (tertiary/aromatic N) is 1. The zero-order chi connectivity index (χ0) is 12.1. The largest absolute Gasteiger partial charge is 0.383 e. The quantitative estimate of drug-likeness (QED) is 0.843. The first-order valence-electron chi connectivity index (χ1n) is 6.67. The van der Waals surface area contributed by atoms with Crippen molar-refractivity contribution in [3.8, 4) is 0 Å². The van der Waals surface area contributed by atoms with Gasteiger partial charge in [0.05, 0.1) is 6.61 Å². The van der Waals surface area contributed by atoms with Crippen LogP contribution in [0.2, 0.25) is 0 Å². The molecule has 98 valence electrons. The van der Waals surface area contributed by atoms with Crippen LogP contribution in [0, 0.1) is 5.41 Å². The van der Waals surface area contributed by atoms with Gasteiger partial charge in [-0.2, -0.15) is 0 Å². The van der Waals surface area contributed by atoms with E-state index >= 15 is 0 Å². The molecule has 3 nitrogen and oxygen atoms in total. The fourth-order valence-electron chi connectivity index (χ4n) is 2.75. The van der Waals surface area contributed by atoms with Crippen LogP contribution >= 0.6 is 11.8 Å². The molecule has 17 heavy (non-hydrogen) atoms. The first-order chi connectivity index (χ1) is 8.24. The monoisotopic (exact) mass is 256 g/mol. The van der Waals surface area contributed by atoms with E-state index in [0.717, 1.165) is 18.3 Å². The van der Waals surface area contributed by atoms with Gasteiger partial charge in [-0.25, -0.2) is 0 Å². The molecule has 4 heteroatoms. The molecule has 2 aliphatic rings. The van der Waals surface area contributed by atoms with Crippen molar-refractivity contribution >= 4 is 16.9 Å². The molecule has 0 aromatic carbocycles. The Kier molecular flexibility index (Phi) is 4.74. The second kappa shape index (κ2) is 6.10. The number of methoxy groups -OCH3 is 1. The SMILES string of the molecule is COCC(C)NC1=NCC2(CCCCC2)CS1. The summed E-state index contributed by atoms with van der Waals surface area (Å²) < 4.78 is 5.13. The smallest absolute Gasteiger partial charge is 0.156 e. The van der Waals surface area contributed by atoms with Crippen molar-refractivity contribution in [2.45, 2.75) is 45.1 Å². The van der Waals surface area contributed by atoms with Gasteiger partial charge in [0, 0.05) is 25.4 Å². The van der Waals surface area contributed by atoms with Gasteiger partial charge < -0.3 is 10.1 Å². The minimum Gasteiger partial charge on any atom is -0.383 e. The molecule has 1 heterocycles. The molecule has 0 aromatic rings. The maximum atomic E-state index is 5.13. The highest BCUT2D eigenvalue weighted by Crippen LogP contribution is 2.41. The Bertz CT molecular complexity index is 275. The molecule has 0 bridgehead atoms. The van der Waals surface area contributed by atoms with E-state index in [1.165, 1.54) is 37.9 Å². The maximum absolute atomic E-state index is 5.13. The van der Waals surface area contributed by atoms with Gasteiger partial charge in [0.1, 0.15) is 0 Å². The molecule has 1 aliphatic carbocycles. The van der Waals surface area contributed by atoms with Gasteiger partial charge in [-0.05, 0) is 25.2 Å². The van der Waals surface area contributed by atoms with Crippen LogP contribution in [0.25, 0.3) is 0 Å². The van der Waals surface area contributed by atoms with E-state index in [0.29, 0.717) is 11.5 Å². The summed E-state index contributed by atoms with van der Waals surface area (Å²) in [6.07, 6.45) is 6.98. The number of rotatable bonds is 3. The van der Waals surface area contributed by atoms with Gasteiger partial charge in [-0.3, -0.25) is 4.99 Å². The predicted molar refractivity (Wildman–Crippen MR) is 74.8 cm³/mol. The van der Waals surface area contributed by atoms with E-state index in [1.54, 1.807) is 7.11 Å². The molecule has 2 rings (SSSR count).